The summed E-state index contributed by atoms with van der Waals surface area (Å²) in [6.07, 6.45) is -4.26. The number of amides is 1. The summed E-state index contributed by atoms with van der Waals surface area (Å²) in [7, 11) is 0. The van der Waals surface area contributed by atoms with Gasteiger partial charge >= 0.3 is 12.1 Å². The summed E-state index contributed by atoms with van der Waals surface area (Å²) in [6.45, 7) is 3.74. The summed E-state index contributed by atoms with van der Waals surface area (Å²) in [4.78, 5) is 34.8. The molecule has 0 bridgehead atoms. The predicted octanol–water partition coefficient (Wildman–Crippen LogP) is 1.98. The smallest absolute Gasteiger partial charge is 0.417 e. The quantitative estimate of drug-likeness (QED) is 0.824. The van der Waals surface area contributed by atoms with Crippen LogP contribution in [0.3, 0.4) is 0 Å². The van der Waals surface area contributed by atoms with Gasteiger partial charge in [-0.25, -0.2) is 0 Å². The van der Waals surface area contributed by atoms with Crippen molar-refractivity contribution in [2.45, 2.75) is 39.0 Å². The van der Waals surface area contributed by atoms with Crippen LogP contribution in [0.4, 0.5) is 13.2 Å². The van der Waals surface area contributed by atoms with Crippen LogP contribution in [0.15, 0.2) is 17.1 Å². The van der Waals surface area contributed by atoms with E-state index in [1.54, 1.807) is 20.8 Å². The van der Waals surface area contributed by atoms with Crippen LogP contribution in [0.1, 0.15) is 26.3 Å². The number of aromatic nitrogens is 1. The van der Waals surface area contributed by atoms with E-state index in [9.17, 15) is 27.6 Å². The number of pyridine rings is 1. The molecule has 0 atom stereocenters. The molecule has 0 aliphatic carbocycles. The van der Waals surface area contributed by atoms with Gasteiger partial charge in [-0.3, -0.25) is 14.4 Å². The number of carbonyl (C=O) groups is 2. The van der Waals surface area contributed by atoms with Crippen molar-refractivity contribution in [1.29, 1.82) is 0 Å². The van der Waals surface area contributed by atoms with Gasteiger partial charge < -0.3 is 14.6 Å². The second-order valence-electron chi connectivity index (χ2n) is 5.97. The molecular formula is C14H16ClF3N2O4. The van der Waals surface area contributed by atoms with Gasteiger partial charge in [0.2, 0.25) is 0 Å². The maximum Gasteiger partial charge on any atom is 0.417 e. The van der Waals surface area contributed by atoms with Gasteiger partial charge in [-0.05, 0) is 26.8 Å². The van der Waals surface area contributed by atoms with Crippen LogP contribution in [0.2, 0.25) is 5.02 Å². The summed E-state index contributed by atoms with van der Waals surface area (Å²) >= 11 is 5.46. The molecule has 134 valence electrons. The maximum absolute atomic E-state index is 12.7. The Bertz CT molecular complexity index is 693. The highest BCUT2D eigenvalue weighted by Crippen LogP contribution is 2.29. The van der Waals surface area contributed by atoms with E-state index in [-0.39, 0.29) is 0 Å². The van der Waals surface area contributed by atoms with E-state index in [1.165, 1.54) is 0 Å². The Morgan fingerprint density at radius 3 is 2.38 bits per heavy atom. The summed E-state index contributed by atoms with van der Waals surface area (Å²) < 4.78 is 43.2. The second kappa shape index (κ2) is 7.25. The molecule has 0 fully saturated rings. The number of alkyl halides is 3. The molecule has 6 nitrogen and oxygen atoms in total. The number of hydrogen-bond acceptors (Lipinski definition) is 4. The van der Waals surface area contributed by atoms with Crippen molar-refractivity contribution in [3.05, 3.63) is 33.2 Å². The van der Waals surface area contributed by atoms with Crippen molar-refractivity contribution in [2.75, 3.05) is 6.61 Å². The lowest BCUT2D eigenvalue weighted by atomic mass is 10.1. The third kappa shape index (κ3) is 6.23. The van der Waals surface area contributed by atoms with Gasteiger partial charge in [0.15, 0.2) is 6.61 Å². The molecule has 1 aromatic rings. The van der Waals surface area contributed by atoms with E-state index in [0.29, 0.717) is 16.8 Å². The topological polar surface area (TPSA) is 77.4 Å². The molecule has 1 rings (SSSR count). The normalized spacial score (nSPS) is 12.0. The molecule has 0 saturated heterocycles. The van der Waals surface area contributed by atoms with Gasteiger partial charge in [-0.1, -0.05) is 11.6 Å². The first kappa shape index (κ1) is 20.0. The first-order valence-electron chi connectivity index (χ1n) is 6.73. The van der Waals surface area contributed by atoms with Crippen LogP contribution in [0.5, 0.6) is 0 Å². The molecule has 1 N–H and O–H groups in total. The van der Waals surface area contributed by atoms with Crippen molar-refractivity contribution in [1.82, 2.24) is 9.88 Å². The molecule has 0 aliphatic rings. The van der Waals surface area contributed by atoms with Gasteiger partial charge in [0.05, 0.1) is 5.56 Å². The van der Waals surface area contributed by atoms with Gasteiger partial charge in [0.1, 0.15) is 11.6 Å². The molecule has 24 heavy (non-hydrogen) atoms. The molecule has 0 aliphatic heterocycles. The average molecular weight is 369 g/mol. The number of esters is 1. The second-order valence-corrected chi connectivity index (χ2v) is 6.37. The van der Waals surface area contributed by atoms with Gasteiger partial charge in [-0.2, -0.15) is 13.2 Å². The summed E-state index contributed by atoms with van der Waals surface area (Å²) in [5.41, 5.74) is -2.68. The van der Waals surface area contributed by atoms with Crippen LogP contribution >= 0.6 is 11.6 Å². The van der Waals surface area contributed by atoms with E-state index in [1.807, 2.05) is 0 Å². The lowest BCUT2D eigenvalue weighted by Crippen LogP contribution is -2.43. The Labute approximate surface area is 140 Å². The van der Waals surface area contributed by atoms with Crippen molar-refractivity contribution < 1.29 is 27.5 Å². The van der Waals surface area contributed by atoms with Gasteiger partial charge in [0.25, 0.3) is 11.5 Å². The molecule has 1 amide bonds. The largest absolute Gasteiger partial charge is 0.454 e. The number of nitrogens with zero attached hydrogens (tertiary/aromatic N) is 1. The Hall–Kier alpha value is -2.03. The van der Waals surface area contributed by atoms with E-state index >= 15 is 0 Å². The summed E-state index contributed by atoms with van der Waals surface area (Å²) in [6, 6.07) is 0.475. The molecule has 0 aromatic carbocycles. The molecule has 1 aromatic heterocycles. The number of rotatable bonds is 4. The van der Waals surface area contributed by atoms with Crippen molar-refractivity contribution in [3.63, 3.8) is 0 Å². The third-order valence-corrected chi connectivity index (χ3v) is 2.82. The molecule has 0 spiro atoms. The zero-order valence-electron chi connectivity index (χ0n) is 13.2. The van der Waals surface area contributed by atoms with Crippen molar-refractivity contribution in [2.24, 2.45) is 0 Å². The van der Waals surface area contributed by atoms with E-state index in [0.717, 1.165) is 0 Å². The van der Waals surface area contributed by atoms with E-state index in [4.69, 9.17) is 11.6 Å². The lowest BCUT2D eigenvalue weighted by molar-refractivity contribution is -0.149. The van der Waals surface area contributed by atoms with Gasteiger partial charge in [0, 0.05) is 11.7 Å². The molecule has 0 radical (unpaired) electrons. The van der Waals surface area contributed by atoms with Crippen molar-refractivity contribution >= 4 is 23.5 Å². The minimum absolute atomic E-state index is 0.463. The average Bonchev–Trinajstić information content (AvgIpc) is 2.38. The highest BCUT2D eigenvalue weighted by molar-refractivity contribution is 6.30. The highest BCUT2D eigenvalue weighted by Gasteiger charge is 2.32. The Kier molecular flexibility index (Phi) is 6.04. The van der Waals surface area contributed by atoms with E-state index in [2.05, 4.69) is 10.1 Å². The summed E-state index contributed by atoms with van der Waals surface area (Å²) in [5.74, 6) is -1.62. The number of hydrogen-bond donors (Lipinski definition) is 1. The molecule has 10 heteroatoms. The van der Waals surface area contributed by atoms with E-state index < -0.39 is 52.9 Å². The summed E-state index contributed by atoms with van der Waals surface area (Å²) in [5, 5.41) is 1.86. The zero-order chi connectivity index (χ0) is 18.7. The molecule has 0 saturated carbocycles. The van der Waals surface area contributed by atoms with Gasteiger partial charge in [-0.15, -0.1) is 0 Å². The number of halogens is 4. The maximum atomic E-state index is 12.7. The monoisotopic (exact) mass is 368 g/mol. The fourth-order valence-corrected chi connectivity index (χ4v) is 1.88. The molecular weight excluding hydrogens is 353 g/mol. The molecule has 0 unspecified atom stereocenters. The first-order chi connectivity index (χ1) is 10.8. The fraction of sp³-hybridized carbons (Fsp3) is 0.500. The number of ether oxygens (including phenoxy) is 1. The lowest BCUT2D eigenvalue weighted by Gasteiger charge is -2.20. The van der Waals surface area contributed by atoms with Crippen LogP contribution in [-0.2, 0) is 27.0 Å². The zero-order valence-corrected chi connectivity index (χ0v) is 13.9. The van der Waals surface area contributed by atoms with Crippen LogP contribution in [-0.4, -0.2) is 28.6 Å². The SMILES string of the molecule is CC(C)(C)NC(=O)COC(=O)Cn1cc(C(F)(F)F)cc(Cl)c1=O. The highest BCUT2D eigenvalue weighted by atomic mass is 35.5. The first-order valence-corrected chi connectivity index (χ1v) is 7.11. The molecule has 1 heterocycles. The number of carbonyl (C=O) groups excluding carboxylic acids is 2. The number of nitrogens with one attached hydrogen (secondary N) is 1. The Balaban J connectivity index is 2.79. The van der Waals surface area contributed by atoms with Crippen LogP contribution in [0.25, 0.3) is 0 Å². The fourth-order valence-electron chi connectivity index (χ4n) is 1.66. The predicted molar refractivity (Wildman–Crippen MR) is 79.6 cm³/mol. The Morgan fingerprint density at radius 1 is 1.29 bits per heavy atom. The van der Waals surface area contributed by atoms with Crippen molar-refractivity contribution in [3.8, 4) is 0 Å². The van der Waals surface area contributed by atoms with Crippen LogP contribution < -0.4 is 10.9 Å². The Morgan fingerprint density at radius 2 is 1.88 bits per heavy atom. The minimum atomic E-state index is -4.73. The standard InChI is InChI=1S/C14H16ClF3N2O4/c1-13(2,3)19-10(21)7-24-11(22)6-20-5-8(14(16,17)18)4-9(15)12(20)23/h4-5H,6-7H2,1-3H3,(H,19,21). The third-order valence-electron chi connectivity index (χ3n) is 2.55. The minimum Gasteiger partial charge on any atom is -0.454 e. The van der Waals surface area contributed by atoms with Crippen LogP contribution in [0, 0.1) is 0 Å².